The molecule has 10 rings (SSSR count). The second-order valence-electron chi connectivity index (χ2n) is 12.9. The molecule has 0 aliphatic heterocycles. The summed E-state index contributed by atoms with van der Waals surface area (Å²) in [6.07, 6.45) is 0. The Hall–Kier alpha value is -6.24. The summed E-state index contributed by atoms with van der Waals surface area (Å²) in [5, 5.41) is 15.1. The van der Waals surface area contributed by atoms with Crippen LogP contribution in [0.15, 0.2) is 182 Å². The maximum absolute atomic E-state index is 2.45. The largest absolute Gasteiger partial charge is 0.0622 e. The van der Waals surface area contributed by atoms with E-state index in [-0.39, 0.29) is 0 Å². The molecule has 10 aromatic rings. The first-order valence-corrected chi connectivity index (χ1v) is 16.7. The normalized spacial score (nSPS) is 11.8. The van der Waals surface area contributed by atoms with Gasteiger partial charge in [0.05, 0.1) is 0 Å². The summed E-state index contributed by atoms with van der Waals surface area (Å²) in [5.74, 6) is 0. The van der Waals surface area contributed by atoms with Gasteiger partial charge in [0.15, 0.2) is 0 Å². The molecule has 0 aliphatic carbocycles. The van der Waals surface area contributed by atoms with Crippen molar-refractivity contribution >= 4 is 64.6 Å². The summed E-state index contributed by atoms with van der Waals surface area (Å²) in [7, 11) is 0. The molecule has 0 bridgehead atoms. The average Bonchev–Trinajstić information content (AvgIpc) is 3.14. The molecule has 0 amide bonds. The lowest BCUT2D eigenvalue weighted by atomic mass is 9.80. The second kappa shape index (κ2) is 10.7. The zero-order chi connectivity index (χ0) is 31.6. The minimum Gasteiger partial charge on any atom is -0.0622 e. The Kier molecular flexibility index (Phi) is 5.98. The molecular weight excluding hydrogens is 577 g/mol. The molecule has 0 heterocycles. The minimum absolute atomic E-state index is 1.22. The van der Waals surface area contributed by atoms with E-state index in [1.165, 1.54) is 98.0 Å². The molecule has 0 heteroatoms. The van der Waals surface area contributed by atoms with E-state index >= 15 is 0 Å². The Morgan fingerprint density at radius 2 is 0.625 bits per heavy atom. The van der Waals surface area contributed by atoms with Crippen LogP contribution < -0.4 is 0 Å². The van der Waals surface area contributed by atoms with Gasteiger partial charge in [0.2, 0.25) is 0 Å². The van der Waals surface area contributed by atoms with E-state index in [1.807, 2.05) is 0 Å². The van der Waals surface area contributed by atoms with Crippen LogP contribution in [-0.2, 0) is 0 Å². The van der Waals surface area contributed by atoms with E-state index in [0.717, 1.165) is 0 Å². The maximum atomic E-state index is 2.45. The van der Waals surface area contributed by atoms with Gasteiger partial charge in [-0.15, -0.1) is 0 Å². The molecule has 0 fully saturated rings. The predicted molar refractivity (Wildman–Crippen MR) is 208 cm³/mol. The third-order valence-corrected chi connectivity index (χ3v) is 10.1. The van der Waals surface area contributed by atoms with Crippen LogP contribution in [0, 0.1) is 0 Å². The second-order valence-corrected chi connectivity index (χ2v) is 12.9. The van der Waals surface area contributed by atoms with Crippen molar-refractivity contribution in [1.82, 2.24) is 0 Å². The number of hydrogen-bond donors (Lipinski definition) is 0. The molecule has 0 radical (unpaired) electrons. The Bertz CT molecular complexity index is 2860. The molecular formula is C48H30. The highest BCUT2D eigenvalue weighted by Crippen LogP contribution is 2.50. The summed E-state index contributed by atoms with van der Waals surface area (Å²) < 4.78 is 0. The molecule has 222 valence electrons. The first-order valence-electron chi connectivity index (χ1n) is 16.7. The van der Waals surface area contributed by atoms with Crippen LogP contribution in [0.5, 0.6) is 0 Å². The highest BCUT2D eigenvalue weighted by atomic mass is 14.2. The van der Waals surface area contributed by atoms with Crippen LogP contribution in [0.2, 0.25) is 0 Å². The average molecular weight is 607 g/mol. The van der Waals surface area contributed by atoms with Crippen molar-refractivity contribution in [3.63, 3.8) is 0 Å². The predicted octanol–water partition coefficient (Wildman–Crippen LogP) is 13.6. The van der Waals surface area contributed by atoms with E-state index < -0.39 is 0 Å². The van der Waals surface area contributed by atoms with Crippen molar-refractivity contribution in [2.24, 2.45) is 0 Å². The molecule has 48 heavy (non-hydrogen) atoms. The van der Waals surface area contributed by atoms with Crippen molar-refractivity contribution < 1.29 is 0 Å². The summed E-state index contributed by atoms with van der Waals surface area (Å²) in [5.41, 5.74) is 7.51. The van der Waals surface area contributed by atoms with Gasteiger partial charge in [0.25, 0.3) is 0 Å². The fourth-order valence-corrected chi connectivity index (χ4v) is 7.88. The highest BCUT2D eigenvalue weighted by Gasteiger charge is 2.22. The van der Waals surface area contributed by atoms with Crippen molar-refractivity contribution in [2.45, 2.75) is 0 Å². The van der Waals surface area contributed by atoms with E-state index in [9.17, 15) is 0 Å². The summed E-state index contributed by atoms with van der Waals surface area (Å²) in [6, 6.07) is 67.4. The number of fused-ring (bicyclic) bond motifs is 6. The lowest BCUT2D eigenvalue weighted by Crippen LogP contribution is -1.95. The van der Waals surface area contributed by atoms with Gasteiger partial charge < -0.3 is 0 Å². The molecule has 0 unspecified atom stereocenters. The van der Waals surface area contributed by atoms with Gasteiger partial charge in [-0.25, -0.2) is 0 Å². The topological polar surface area (TPSA) is 0 Å². The van der Waals surface area contributed by atoms with E-state index in [4.69, 9.17) is 0 Å². The van der Waals surface area contributed by atoms with Crippen LogP contribution in [0.4, 0.5) is 0 Å². The van der Waals surface area contributed by atoms with Gasteiger partial charge in [-0.3, -0.25) is 0 Å². The molecule has 10 aromatic carbocycles. The zero-order valence-electron chi connectivity index (χ0n) is 26.3. The lowest BCUT2D eigenvalue weighted by molar-refractivity contribution is 1.60. The first kappa shape index (κ1) is 26.9. The van der Waals surface area contributed by atoms with Gasteiger partial charge in [-0.05, 0) is 147 Å². The molecule has 0 aliphatic rings. The van der Waals surface area contributed by atoms with Crippen LogP contribution in [0.3, 0.4) is 0 Å². The Labute approximate surface area is 279 Å². The third kappa shape index (κ3) is 4.24. The molecule has 0 saturated heterocycles. The van der Waals surface area contributed by atoms with Gasteiger partial charge in [-0.2, -0.15) is 0 Å². The Balaban J connectivity index is 1.47. The zero-order valence-corrected chi connectivity index (χ0v) is 26.3. The van der Waals surface area contributed by atoms with Gasteiger partial charge in [0.1, 0.15) is 0 Å². The standard InChI is InChI=1S/C48H30/c1-3-13-31(14-4-1)43-30-41-27-38-23-33-17-7-8-18-34(33)24-39(38)29-45(41)48(46(43)32-15-5-2-6-16-32)47-42-22-12-11-21-37(42)26-40-25-35-19-9-10-20-36(35)28-44(40)47/h1-30H. The molecule has 0 atom stereocenters. The van der Waals surface area contributed by atoms with Gasteiger partial charge in [-0.1, -0.05) is 133 Å². The Morgan fingerprint density at radius 3 is 1.29 bits per heavy atom. The van der Waals surface area contributed by atoms with Crippen molar-refractivity contribution in [3.8, 4) is 33.4 Å². The smallest absolute Gasteiger partial charge is 0.000786 e. The van der Waals surface area contributed by atoms with Crippen molar-refractivity contribution in [2.75, 3.05) is 0 Å². The maximum Gasteiger partial charge on any atom is -0.000786 e. The molecule has 0 spiro atoms. The van der Waals surface area contributed by atoms with Crippen molar-refractivity contribution in [3.05, 3.63) is 182 Å². The van der Waals surface area contributed by atoms with Crippen LogP contribution in [0.1, 0.15) is 0 Å². The number of rotatable bonds is 3. The van der Waals surface area contributed by atoms with E-state index in [1.54, 1.807) is 0 Å². The van der Waals surface area contributed by atoms with Crippen LogP contribution in [-0.4, -0.2) is 0 Å². The third-order valence-electron chi connectivity index (χ3n) is 10.1. The van der Waals surface area contributed by atoms with E-state index in [2.05, 4.69) is 182 Å². The van der Waals surface area contributed by atoms with Gasteiger partial charge in [0, 0.05) is 0 Å². The first-order chi connectivity index (χ1) is 23.8. The highest BCUT2D eigenvalue weighted by molar-refractivity contribution is 6.24. The van der Waals surface area contributed by atoms with Gasteiger partial charge >= 0.3 is 0 Å². The summed E-state index contributed by atoms with van der Waals surface area (Å²) >= 11 is 0. The number of benzene rings is 10. The fraction of sp³-hybridized carbons (Fsp3) is 0. The Morgan fingerprint density at radius 1 is 0.208 bits per heavy atom. The monoisotopic (exact) mass is 606 g/mol. The molecule has 0 saturated carbocycles. The molecule has 0 aromatic heterocycles. The summed E-state index contributed by atoms with van der Waals surface area (Å²) in [6.45, 7) is 0. The lowest BCUT2D eigenvalue weighted by Gasteiger charge is -2.23. The molecule has 0 N–H and O–H groups in total. The summed E-state index contributed by atoms with van der Waals surface area (Å²) in [4.78, 5) is 0. The quantitative estimate of drug-likeness (QED) is 0.176. The van der Waals surface area contributed by atoms with Crippen LogP contribution >= 0.6 is 0 Å². The SMILES string of the molecule is c1ccc(-c2cc3cc4cc5ccccc5cc4cc3c(-c3c4ccccc4cc4cc5ccccc5cc34)c2-c2ccccc2)cc1. The fourth-order valence-electron chi connectivity index (χ4n) is 7.88. The number of hydrogen-bond acceptors (Lipinski definition) is 0. The van der Waals surface area contributed by atoms with E-state index in [0.29, 0.717) is 0 Å². The van der Waals surface area contributed by atoms with Crippen molar-refractivity contribution in [1.29, 1.82) is 0 Å². The minimum atomic E-state index is 1.22. The molecule has 0 nitrogen and oxygen atoms in total. The van der Waals surface area contributed by atoms with Crippen LogP contribution in [0.25, 0.3) is 98.0 Å².